The van der Waals surface area contributed by atoms with Crippen molar-refractivity contribution in [3.05, 3.63) is 83.4 Å². The molecule has 0 aromatic heterocycles. The predicted octanol–water partition coefficient (Wildman–Crippen LogP) is 5.11. The van der Waals surface area contributed by atoms with Crippen LogP contribution in [0.25, 0.3) is 0 Å². The first-order chi connectivity index (χ1) is 14.6. The lowest BCUT2D eigenvalue weighted by atomic mass is 9.83. The van der Waals surface area contributed by atoms with Crippen LogP contribution in [0.3, 0.4) is 0 Å². The monoisotopic (exact) mass is 405 g/mol. The minimum Gasteiger partial charge on any atom is -0.493 e. The zero-order valence-corrected chi connectivity index (χ0v) is 17.8. The number of rotatable bonds is 8. The average Bonchev–Trinajstić information content (AvgIpc) is 2.82. The Morgan fingerprint density at radius 2 is 1.47 bits per heavy atom. The Balaban J connectivity index is 2.04. The van der Waals surface area contributed by atoms with Crippen molar-refractivity contribution in [3.8, 4) is 17.2 Å². The van der Waals surface area contributed by atoms with E-state index in [-0.39, 0.29) is 0 Å². The third-order valence-electron chi connectivity index (χ3n) is 5.15. The second-order valence-electron chi connectivity index (χ2n) is 6.81. The minimum atomic E-state index is -1.13. The highest BCUT2D eigenvalue weighted by atomic mass is 16.5. The molecule has 0 radical (unpaired) electrons. The smallest absolute Gasteiger partial charge is 0.203 e. The summed E-state index contributed by atoms with van der Waals surface area (Å²) in [6.07, 6.45) is 2.25. The summed E-state index contributed by atoms with van der Waals surface area (Å²) >= 11 is 0. The first-order valence-electron chi connectivity index (χ1n) is 9.78. The van der Waals surface area contributed by atoms with Crippen LogP contribution in [0, 0.1) is 0 Å². The topological polar surface area (TPSA) is 60.3 Å². The van der Waals surface area contributed by atoms with Crippen molar-refractivity contribution in [3.63, 3.8) is 0 Å². The van der Waals surface area contributed by atoms with Gasteiger partial charge in [0.15, 0.2) is 11.5 Å². The van der Waals surface area contributed by atoms with Crippen LogP contribution >= 0.6 is 0 Å². The normalized spacial score (nSPS) is 13.1. The molecule has 3 aromatic carbocycles. The predicted molar refractivity (Wildman–Crippen MR) is 120 cm³/mol. The lowest BCUT2D eigenvalue weighted by Gasteiger charge is -2.29. The molecule has 0 saturated heterocycles. The molecule has 5 nitrogen and oxygen atoms in total. The van der Waals surface area contributed by atoms with Gasteiger partial charge in [0.25, 0.3) is 0 Å². The van der Waals surface area contributed by atoms with Gasteiger partial charge < -0.3 is 19.3 Å². The summed E-state index contributed by atoms with van der Waals surface area (Å²) in [4.78, 5) is 4.69. The molecule has 0 aliphatic carbocycles. The highest BCUT2D eigenvalue weighted by Gasteiger charge is 2.31. The summed E-state index contributed by atoms with van der Waals surface area (Å²) in [5, 5.41) is 11.5. The molecule has 0 heterocycles. The van der Waals surface area contributed by atoms with E-state index in [9.17, 15) is 5.11 Å². The summed E-state index contributed by atoms with van der Waals surface area (Å²) in [6, 6.07) is 21.0. The summed E-state index contributed by atoms with van der Waals surface area (Å²) in [5.41, 5.74) is 1.94. The van der Waals surface area contributed by atoms with Gasteiger partial charge in [-0.15, -0.1) is 0 Å². The molecule has 30 heavy (non-hydrogen) atoms. The molecule has 0 bridgehead atoms. The van der Waals surface area contributed by atoms with E-state index >= 15 is 0 Å². The Bertz CT molecular complexity index is 992. The van der Waals surface area contributed by atoms with Gasteiger partial charge in [0, 0.05) is 17.3 Å². The fraction of sp³-hybridized carbons (Fsp3) is 0.240. The van der Waals surface area contributed by atoms with Crippen molar-refractivity contribution in [1.29, 1.82) is 0 Å². The van der Waals surface area contributed by atoms with E-state index in [2.05, 4.69) is 4.99 Å². The number of methoxy groups -OCH3 is 3. The Morgan fingerprint density at radius 3 is 2.03 bits per heavy atom. The van der Waals surface area contributed by atoms with E-state index in [1.807, 2.05) is 73.7 Å². The standard InChI is InChI=1S/C25H27NO4/c1-5-25(27,19-11-7-6-8-12-19)20-13-9-10-14-21(20)26-17-18-15-22(28-2)24(30-4)23(16-18)29-3/h6-17,27H,5H2,1-4H3. The third kappa shape index (κ3) is 4.16. The molecule has 3 aromatic rings. The molecular weight excluding hydrogens is 378 g/mol. The van der Waals surface area contributed by atoms with Crippen LogP contribution < -0.4 is 14.2 Å². The first-order valence-corrected chi connectivity index (χ1v) is 9.78. The third-order valence-corrected chi connectivity index (χ3v) is 5.15. The molecule has 1 N–H and O–H groups in total. The maximum absolute atomic E-state index is 11.5. The van der Waals surface area contributed by atoms with Crippen LogP contribution in [-0.4, -0.2) is 32.7 Å². The fourth-order valence-corrected chi connectivity index (χ4v) is 3.52. The summed E-state index contributed by atoms with van der Waals surface area (Å²) in [6.45, 7) is 1.96. The van der Waals surface area contributed by atoms with Crippen molar-refractivity contribution < 1.29 is 19.3 Å². The van der Waals surface area contributed by atoms with Crippen LogP contribution in [0.1, 0.15) is 30.0 Å². The number of benzene rings is 3. The summed E-state index contributed by atoms with van der Waals surface area (Å²) < 4.78 is 16.2. The lowest BCUT2D eigenvalue weighted by molar-refractivity contribution is 0.0771. The Morgan fingerprint density at radius 1 is 0.867 bits per heavy atom. The van der Waals surface area contributed by atoms with Crippen molar-refractivity contribution in [2.75, 3.05) is 21.3 Å². The van der Waals surface area contributed by atoms with Crippen LogP contribution in [0.2, 0.25) is 0 Å². The number of aliphatic imine (C=N–C) groups is 1. The Labute approximate surface area is 177 Å². The first kappa shape index (κ1) is 21.4. The molecule has 0 fully saturated rings. The average molecular weight is 405 g/mol. The van der Waals surface area contributed by atoms with Crippen molar-refractivity contribution in [2.45, 2.75) is 18.9 Å². The van der Waals surface area contributed by atoms with Crippen molar-refractivity contribution >= 4 is 11.9 Å². The van der Waals surface area contributed by atoms with E-state index in [0.717, 1.165) is 16.7 Å². The van der Waals surface area contributed by atoms with E-state index in [0.29, 0.717) is 29.4 Å². The van der Waals surface area contributed by atoms with Crippen LogP contribution in [0.15, 0.2) is 71.7 Å². The number of para-hydroxylation sites is 1. The van der Waals surface area contributed by atoms with Crippen LogP contribution in [0.5, 0.6) is 17.2 Å². The molecule has 0 aliphatic rings. The highest BCUT2D eigenvalue weighted by molar-refractivity contribution is 5.85. The van der Waals surface area contributed by atoms with Crippen LogP contribution in [-0.2, 0) is 5.60 Å². The SMILES string of the molecule is CCC(O)(c1ccccc1)c1ccccc1N=Cc1cc(OC)c(OC)c(OC)c1. The number of hydrogen-bond acceptors (Lipinski definition) is 5. The van der Waals surface area contributed by atoms with Gasteiger partial charge in [0.05, 0.1) is 27.0 Å². The van der Waals surface area contributed by atoms with Gasteiger partial charge in [-0.05, 0) is 30.2 Å². The van der Waals surface area contributed by atoms with Crippen molar-refractivity contribution in [1.82, 2.24) is 0 Å². The van der Waals surface area contributed by atoms with E-state index in [4.69, 9.17) is 14.2 Å². The van der Waals surface area contributed by atoms with Gasteiger partial charge in [-0.25, -0.2) is 0 Å². The van der Waals surface area contributed by atoms with Gasteiger partial charge in [-0.1, -0.05) is 55.5 Å². The zero-order chi connectivity index (χ0) is 21.6. The molecule has 0 spiro atoms. The molecule has 0 aliphatic heterocycles. The molecule has 0 amide bonds. The molecule has 1 atom stereocenters. The lowest BCUT2D eigenvalue weighted by Crippen LogP contribution is -2.26. The van der Waals surface area contributed by atoms with Gasteiger partial charge in [0.1, 0.15) is 5.60 Å². The van der Waals surface area contributed by atoms with Crippen molar-refractivity contribution in [2.24, 2.45) is 4.99 Å². The van der Waals surface area contributed by atoms with Gasteiger partial charge in [0.2, 0.25) is 5.75 Å². The number of ether oxygens (including phenoxy) is 3. The van der Waals surface area contributed by atoms with E-state index in [1.165, 1.54) is 0 Å². The molecule has 5 heteroatoms. The zero-order valence-electron chi connectivity index (χ0n) is 17.8. The molecule has 1 unspecified atom stereocenters. The Hall–Kier alpha value is -3.31. The molecule has 0 saturated carbocycles. The summed E-state index contributed by atoms with van der Waals surface area (Å²) in [5.74, 6) is 1.64. The fourth-order valence-electron chi connectivity index (χ4n) is 3.52. The minimum absolute atomic E-state index is 0.522. The highest BCUT2D eigenvalue weighted by Crippen LogP contribution is 2.39. The Kier molecular flexibility index (Phi) is 6.75. The number of hydrogen-bond donors (Lipinski definition) is 1. The van der Waals surface area contributed by atoms with E-state index < -0.39 is 5.60 Å². The number of nitrogens with zero attached hydrogens (tertiary/aromatic N) is 1. The number of aliphatic hydroxyl groups is 1. The molecule has 156 valence electrons. The maximum atomic E-state index is 11.5. The van der Waals surface area contributed by atoms with Crippen LogP contribution in [0.4, 0.5) is 5.69 Å². The maximum Gasteiger partial charge on any atom is 0.203 e. The van der Waals surface area contributed by atoms with Gasteiger partial charge in [-0.3, -0.25) is 4.99 Å². The van der Waals surface area contributed by atoms with Gasteiger partial charge in [-0.2, -0.15) is 0 Å². The summed E-state index contributed by atoms with van der Waals surface area (Å²) in [7, 11) is 4.73. The quantitative estimate of drug-likeness (QED) is 0.529. The second-order valence-corrected chi connectivity index (χ2v) is 6.81. The largest absolute Gasteiger partial charge is 0.493 e. The van der Waals surface area contributed by atoms with Gasteiger partial charge >= 0.3 is 0 Å². The molecular formula is C25H27NO4. The second kappa shape index (κ2) is 9.46. The molecule has 3 rings (SSSR count). The van der Waals surface area contributed by atoms with E-state index in [1.54, 1.807) is 27.5 Å².